The van der Waals surface area contributed by atoms with Gasteiger partial charge in [0.05, 0.1) is 17.8 Å². The average molecular weight is 623 g/mol. The van der Waals surface area contributed by atoms with Crippen LogP contribution >= 0.6 is 0 Å². The summed E-state index contributed by atoms with van der Waals surface area (Å²) in [6, 6.07) is 10.4. The van der Waals surface area contributed by atoms with Gasteiger partial charge in [-0.1, -0.05) is 18.2 Å². The Hall–Kier alpha value is -3.52. The van der Waals surface area contributed by atoms with Gasteiger partial charge in [-0.2, -0.15) is 0 Å². The fraction of sp³-hybridized carbons (Fsp3) is 0.367. The van der Waals surface area contributed by atoms with Crippen LogP contribution < -0.4 is 21.1 Å². The summed E-state index contributed by atoms with van der Waals surface area (Å²) < 4.78 is 84.3. The monoisotopic (exact) mass is 622 g/mol. The first-order valence-electron chi connectivity index (χ1n) is 13.8. The molecule has 1 saturated heterocycles. The quantitative estimate of drug-likeness (QED) is 0.181. The number of piperazine rings is 1. The molecule has 0 bridgehead atoms. The number of carbonyl (C=O) groups is 1. The van der Waals surface area contributed by atoms with Crippen LogP contribution in [-0.2, 0) is 15.5 Å². The van der Waals surface area contributed by atoms with Crippen LogP contribution in [0.15, 0.2) is 60.7 Å². The maximum Gasteiger partial charge on any atom is 0.242 e. The molecule has 3 aromatic rings. The lowest BCUT2D eigenvalue weighted by Crippen LogP contribution is -2.56. The molecule has 1 aliphatic rings. The predicted octanol–water partition coefficient (Wildman–Crippen LogP) is 3.38. The molecule has 0 saturated carbocycles. The van der Waals surface area contributed by atoms with Crippen molar-refractivity contribution in [2.75, 3.05) is 37.8 Å². The number of likely N-dealkylation sites (N-methyl/N-ethyl adjacent to an activating group) is 1. The summed E-state index contributed by atoms with van der Waals surface area (Å²) >= 11 is 0. The zero-order chi connectivity index (χ0) is 31.1. The summed E-state index contributed by atoms with van der Waals surface area (Å²) in [6.07, 6.45) is 1.28. The Labute approximate surface area is 249 Å². The molecule has 0 radical (unpaired) electrons. The maximum atomic E-state index is 14.9. The van der Waals surface area contributed by atoms with E-state index in [0.29, 0.717) is 37.6 Å². The van der Waals surface area contributed by atoms with Gasteiger partial charge in [0.25, 0.3) is 0 Å². The van der Waals surface area contributed by atoms with Gasteiger partial charge >= 0.3 is 0 Å². The minimum Gasteiger partial charge on any atom is -0.487 e. The molecule has 0 aliphatic carbocycles. The first kappa shape index (κ1) is 32.4. The molecule has 1 heterocycles. The second kappa shape index (κ2) is 14.8. The predicted molar refractivity (Wildman–Crippen MR) is 156 cm³/mol. The number of ether oxygens (including phenoxy) is 1. The number of carbonyl (C=O) groups excluding carboxylic acids is 1. The highest BCUT2D eigenvalue weighted by Gasteiger charge is 2.30. The third-order valence-electron chi connectivity index (χ3n) is 7.44. The topological polar surface area (TPSA) is 114 Å². The Morgan fingerprint density at radius 1 is 1.05 bits per heavy atom. The normalized spacial score (nSPS) is 18.8. The number of para-hydroxylation sites is 1. The van der Waals surface area contributed by atoms with E-state index in [-0.39, 0.29) is 41.4 Å². The van der Waals surface area contributed by atoms with Crippen LogP contribution in [0.5, 0.6) is 5.75 Å². The summed E-state index contributed by atoms with van der Waals surface area (Å²) in [5.74, 6) is -4.92. The molecule has 0 aromatic heterocycles. The van der Waals surface area contributed by atoms with Gasteiger partial charge in [0.1, 0.15) is 34.8 Å². The molecule has 4 rings (SSSR count). The van der Waals surface area contributed by atoms with Gasteiger partial charge in [0.15, 0.2) is 11.6 Å². The lowest BCUT2D eigenvalue weighted by molar-refractivity contribution is -0.117. The Morgan fingerprint density at radius 2 is 1.74 bits per heavy atom. The van der Waals surface area contributed by atoms with E-state index >= 15 is 0 Å². The molecule has 2 unspecified atom stereocenters. The molecule has 8 nitrogen and oxygen atoms in total. The Balaban J connectivity index is 1.47. The number of rotatable bonds is 12. The molecule has 1 fully saturated rings. The minimum absolute atomic E-state index is 0.0116. The standard InChI is InChI=1S/C30H34F4N4O4S/c1-38-16-23(36-15-24(38)4-3-11-43(40)41)17-42-29-25(34)5-2-6-26(29)37-30(39)28(35)27(18-7-9-20(31)10-8-18)19-12-21(32)14-22(33)13-19/h2,5-10,12-14,23-24,27-28,36,43H,3-4,11,15-17,35H2,1H3,(H,37,39)/t23?,24?,27-,28-/m0/s1. The molecule has 1 aliphatic heterocycles. The number of nitrogens with one attached hydrogen (secondary N) is 2. The van der Waals surface area contributed by atoms with Crippen molar-refractivity contribution < 1.29 is 35.5 Å². The zero-order valence-corrected chi connectivity index (χ0v) is 24.3. The molecule has 1 amide bonds. The molecule has 232 valence electrons. The van der Waals surface area contributed by atoms with Gasteiger partial charge in [0.2, 0.25) is 5.91 Å². The smallest absolute Gasteiger partial charge is 0.242 e. The van der Waals surface area contributed by atoms with E-state index < -0.39 is 51.8 Å². The van der Waals surface area contributed by atoms with Crippen LogP contribution in [0.2, 0.25) is 0 Å². The molecule has 43 heavy (non-hydrogen) atoms. The first-order valence-corrected chi connectivity index (χ1v) is 15.1. The number of halogens is 4. The fourth-order valence-electron chi connectivity index (χ4n) is 5.25. The van der Waals surface area contributed by atoms with Gasteiger partial charge in [-0.15, -0.1) is 0 Å². The van der Waals surface area contributed by atoms with Gasteiger partial charge in [-0.05, 0) is 67.4 Å². The fourth-order valence-corrected chi connectivity index (χ4v) is 5.69. The Morgan fingerprint density at radius 3 is 2.40 bits per heavy atom. The van der Waals surface area contributed by atoms with Crippen LogP contribution in [0, 0.1) is 23.3 Å². The highest BCUT2D eigenvalue weighted by atomic mass is 32.2. The van der Waals surface area contributed by atoms with Crippen molar-refractivity contribution in [3.05, 3.63) is 95.1 Å². The van der Waals surface area contributed by atoms with Gasteiger partial charge in [0, 0.05) is 36.9 Å². The molecule has 4 atom stereocenters. The third kappa shape index (κ3) is 8.75. The number of hydrogen-bond acceptors (Lipinski definition) is 7. The number of benzene rings is 3. The summed E-state index contributed by atoms with van der Waals surface area (Å²) in [7, 11) is -0.482. The Kier molecular flexibility index (Phi) is 11.1. The number of nitrogens with two attached hydrogens (primary N) is 1. The highest BCUT2D eigenvalue weighted by molar-refractivity contribution is 7.72. The SMILES string of the molecule is CN1CC(COc2c(F)cccc2NC(=O)[C@@H](N)[C@@H](c2ccc(F)cc2)c2cc(F)cc(F)c2)NCC1CCC[SH](=O)=O. The van der Waals surface area contributed by atoms with Crippen LogP contribution in [0.25, 0.3) is 0 Å². The number of anilines is 1. The third-order valence-corrected chi connectivity index (χ3v) is 8.12. The van der Waals surface area contributed by atoms with E-state index in [1.165, 1.54) is 30.3 Å². The second-order valence-electron chi connectivity index (χ2n) is 10.6. The van der Waals surface area contributed by atoms with Crippen LogP contribution in [-0.4, -0.2) is 69.8 Å². The Bertz CT molecular complexity index is 1460. The van der Waals surface area contributed by atoms with Crippen LogP contribution in [0.1, 0.15) is 29.9 Å². The van der Waals surface area contributed by atoms with Crippen molar-refractivity contribution in [3.8, 4) is 5.75 Å². The summed E-state index contributed by atoms with van der Waals surface area (Å²) in [4.78, 5) is 15.5. The first-order chi connectivity index (χ1) is 20.5. The number of hydrogen-bond donors (Lipinski definition) is 4. The summed E-state index contributed by atoms with van der Waals surface area (Å²) in [6.45, 7) is 1.24. The van der Waals surface area contributed by atoms with Crippen LogP contribution in [0.4, 0.5) is 23.2 Å². The largest absolute Gasteiger partial charge is 0.487 e. The maximum absolute atomic E-state index is 14.9. The van der Waals surface area contributed by atoms with Crippen molar-refractivity contribution >= 4 is 22.3 Å². The molecule has 3 aromatic carbocycles. The number of nitrogens with zero attached hydrogens (tertiary/aromatic N) is 1. The van der Waals surface area contributed by atoms with Crippen molar-refractivity contribution in [3.63, 3.8) is 0 Å². The van der Waals surface area contributed by atoms with Gasteiger partial charge in [-0.25, -0.2) is 26.0 Å². The van der Waals surface area contributed by atoms with E-state index in [4.69, 9.17) is 10.5 Å². The summed E-state index contributed by atoms with van der Waals surface area (Å²) in [5.41, 5.74) is 6.76. The lowest BCUT2D eigenvalue weighted by atomic mass is 9.84. The zero-order valence-electron chi connectivity index (χ0n) is 23.4. The van der Waals surface area contributed by atoms with Gasteiger partial charge < -0.3 is 26.0 Å². The van der Waals surface area contributed by atoms with Crippen LogP contribution in [0.3, 0.4) is 0 Å². The van der Waals surface area contributed by atoms with E-state index in [1.54, 1.807) is 0 Å². The summed E-state index contributed by atoms with van der Waals surface area (Å²) in [5, 5.41) is 5.91. The van der Waals surface area contributed by atoms with Crippen molar-refractivity contribution in [2.45, 2.75) is 36.9 Å². The van der Waals surface area contributed by atoms with E-state index in [9.17, 15) is 30.8 Å². The highest BCUT2D eigenvalue weighted by Crippen LogP contribution is 2.32. The van der Waals surface area contributed by atoms with E-state index in [0.717, 1.165) is 24.3 Å². The lowest BCUT2D eigenvalue weighted by Gasteiger charge is -2.38. The molecule has 13 heteroatoms. The second-order valence-corrected chi connectivity index (χ2v) is 11.7. The molecular formula is C30H34F4N4O4S. The van der Waals surface area contributed by atoms with Crippen molar-refractivity contribution in [1.29, 1.82) is 0 Å². The van der Waals surface area contributed by atoms with E-state index in [1.807, 2.05) is 7.05 Å². The number of amides is 1. The minimum atomic E-state index is -2.41. The van der Waals surface area contributed by atoms with Gasteiger partial charge in [-0.3, -0.25) is 4.79 Å². The molecule has 4 N–H and O–H groups in total. The van der Waals surface area contributed by atoms with Crippen molar-refractivity contribution in [2.24, 2.45) is 5.73 Å². The average Bonchev–Trinajstić information content (AvgIpc) is 2.94. The van der Waals surface area contributed by atoms with Crippen molar-refractivity contribution in [1.82, 2.24) is 10.2 Å². The van der Waals surface area contributed by atoms with E-state index in [2.05, 4.69) is 15.5 Å². The number of thiol groups is 1. The molecule has 0 spiro atoms. The molecular weight excluding hydrogens is 588 g/mol.